The molecule has 8 aromatic carbocycles. The standard InChI is InChI=1S/C55H42N2/c1-55(2)50-23-10-8-21-46(50)47-32-31-44(36-51(47)55)56(52-25-13-15-38-14-6-7-20-45(38)52)43-29-26-37(27-30-43)39-16-12-17-40(34-39)41-28-33-54-49(35-41)48-22-9-11-24-53(48)57(54)42-18-4-3-5-19-42/h3-7,9-20,22-36H,8,21H2,1-2H3. The largest absolute Gasteiger partial charge is 0.310 e. The summed E-state index contributed by atoms with van der Waals surface area (Å²) in [4.78, 5) is 2.45. The maximum absolute atomic E-state index is 2.45. The average Bonchev–Trinajstić information content (AvgIpc) is 3.72. The van der Waals surface area contributed by atoms with E-state index in [1.54, 1.807) is 0 Å². The van der Waals surface area contributed by atoms with Crippen LogP contribution in [0.25, 0.3) is 66.1 Å². The first-order chi connectivity index (χ1) is 28.0. The number of anilines is 3. The van der Waals surface area contributed by atoms with Crippen LogP contribution in [0.3, 0.4) is 0 Å². The molecule has 11 rings (SSSR count). The van der Waals surface area contributed by atoms with Crippen molar-refractivity contribution in [3.05, 3.63) is 211 Å². The summed E-state index contributed by atoms with van der Waals surface area (Å²) in [6.07, 6.45) is 6.95. The van der Waals surface area contributed by atoms with Crippen molar-refractivity contribution in [3.63, 3.8) is 0 Å². The zero-order valence-corrected chi connectivity index (χ0v) is 32.3. The SMILES string of the molecule is CC1(C)C2=C(CCC=C2)c2ccc(N(c3ccc(-c4cccc(-c5ccc6c(c5)c5ccccc5n6-c5ccccc5)c4)cc3)c3cccc4ccccc34)cc21. The molecule has 9 aromatic rings. The van der Waals surface area contributed by atoms with E-state index in [4.69, 9.17) is 0 Å². The molecule has 1 aromatic heterocycles. The Morgan fingerprint density at radius 3 is 2.04 bits per heavy atom. The minimum absolute atomic E-state index is 0.0413. The molecule has 0 unspecified atom stereocenters. The van der Waals surface area contributed by atoms with Crippen molar-refractivity contribution in [1.29, 1.82) is 0 Å². The van der Waals surface area contributed by atoms with Gasteiger partial charge in [0.05, 0.1) is 16.7 Å². The van der Waals surface area contributed by atoms with Gasteiger partial charge in [-0.2, -0.15) is 0 Å². The van der Waals surface area contributed by atoms with E-state index in [0.717, 1.165) is 18.5 Å². The average molecular weight is 731 g/mol. The summed E-state index contributed by atoms with van der Waals surface area (Å²) in [5, 5.41) is 5.00. The molecule has 1 heterocycles. The van der Waals surface area contributed by atoms with Gasteiger partial charge in [0.25, 0.3) is 0 Å². The third kappa shape index (κ3) is 5.39. The third-order valence-electron chi connectivity index (χ3n) is 12.5. The van der Waals surface area contributed by atoms with Gasteiger partial charge in [0.1, 0.15) is 0 Å². The summed E-state index contributed by atoms with van der Waals surface area (Å²) in [6.45, 7) is 4.78. The minimum atomic E-state index is -0.0413. The Kier molecular flexibility index (Phi) is 7.69. The van der Waals surface area contributed by atoms with Gasteiger partial charge in [-0.3, -0.25) is 0 Å². The van der Waals surface area contributed by atoms with Crippen molar-refractivity contribution in [2.45, 2.75) is 32.1 Å². The van der Waals surface area contributed by atoms with Crippen LogP contribution in [0.2, 0.25) is 0 Å². The Morgan fingerprint density at radius 1 is 0.509 bits per heavy atom. The maximum Gasteiger partial charge on any atom is 0.0541 e. The lowest BCUT2D eigenvalue weighted by Gasteiger charge is -2.29. The lowest BCUT2D eigenvalue weighted by molar-refractivity contribution is 0.651. The van der Waals surface area contributed by atoms with Gasteiger partial charge >= 0.3 is 0 Å². The summed E-state index contributed by atoms with van der Waals surface area (Å²) in [6, 6.07) is 67.0. The van der Waals surface area contributed by atoms with Crippen LogP contribution in [-0.2, 0) is 5.41 Å². The van der Waals surface area contributed by atoms with Gasteiger partial charge in [-0.25, -0.2) is 0 Å². The number of para-hydroxylation sites is 2. The summed E-state index contributed by atoms with van der Waals surface area (Å²) in [5.74, 6) is 0. The van der Waals surface area contributed by atoms with Gasteiger partial charge in [-0.15, -0.1) is 0 Å². The smallest absolute Gasteiger partial charge is 0.0541 e. The Morgan fingerprint density at radius 2 is 1.18 bits per heavy atom. The van der Waals surface area contributed by atoms with Crippen LogP contribution >= 0.6 is 0 Å². The van der Waals surface area contributed by atoms with Crippen LogP contribution in [0, 0.1) is 0 Å². The minimum Gasteiger partial charge on any atom is -0.310 e. The fraction of sp³-hybridized carbons (Fsp3) is 0.0909. The van der Waals surface area contributed by atoms with Crippen molar-refractivity contribution in [2.24, 2.45) is 0 Å². The summed E-state index contributed by atoms with van der Waals surface area (Å²) >= 11 is 0. The molecule has 0 aliphatic heterocycles. The molecule has 0 spiro atoms. The Hall–Kier alpha value is -6.90. The van der Waals surface area contributed by atoms with Crippen LogP contribution in [0.1, 0.15) is 37.8 Å². The van der Waals surface area contributed by atoms with Crippen molar-refractivity contribution in [2.75, 3.05) is 4.90 Å². The molecule has 2 aliphatic carbocycles. The van der Waals surface area contributed by atoms with Crippen LogP contribution in [0.15, 0.2) is 200 Å². The molecule has 272 valence electrons. The fourth-order valence-corrected chi connectivity index (χ4v) is 9.65. The zero-order valence-electron chi connectivity index (χ0n) is 32.3. The van der Waals surface area contributed by atoms with Gasteiger partial charge in [-0.1, -0.05) is 141 Å². The maximum atomic E-state index is 2.45. The highest BCUT2D eigenvalue weighted by atomic mass is 15.1. The molecule has 2 nitrogen and oxygen atoms in total. The van der Waals surface area contributed by atoms with E-state index in [2.05, 4.69) is 217 Å². The Labute approximate surface area is 334 Å². The molecular formula is C55H42N2. The Bertz CT molecular complexity index is 3080. The van der Waals surface area contributed by atoms with Crippen LogP contribution < -0.4 is 4.90 Å². The van der Waals surface area contributed by atoms with E-state index in [1.165, 1.54) is 94.2 Å². The fourth-order valence-electron chi connectivity index (χ4n) is 9.65. The number of aromatic nitrogens is 1. The highest BCUT2D eigenvalue weighted by molar-refractivity contribution is 6.10. The second kappa shape index (κ2) is 13.1. The number of hydrogen-bond donors (Lipinski definition) is 0. The van der Waals surface area contributed by atoms with E-state index in [1.807, 2.05) is 0 Å². The van der Waals surface area contributed by atoms with Crippen LogP contribution in [-0.4, -0.2) is 4.57 Å². The van der Waals surface area contributed by atoms with E-state index in [0.29, 0.717) is 0 Å². The van der Waals surface area contributed by atoms with E-state index >= 15 is 0 Å². The predicted molar refractivity (Wildman–Crippen MR) is 242 cm³/mol. The molecule has 0 saturated carbocycles. The quantitative estimate of drug-likeness (QED) is 0.165. The lowest BCUT2D eigenvalue weighted by atomic mass is 9.80. The molecule has 0 bridgehead atoms. The van der Waals surface area contributed by atoms with Crippen molar-refractivity contribution >= 4 is 55.2 Å². The predicted octanol–water partition coefficient (Wildman–Crippen LogP) is 15.1. The summed E-state index contributed by atoms with van der Waals surface area (Å²) in [7, 11) is 0. The van der Waals surface area contributed by atoms with Crippen molar-refractivity contribution in [3.8, 4) is 27.9 Å². The number of hydrogen-bond acceptors (Lipinski definition) is 1. The normalized spacial score (nSPS) is 14.4. The number of allylic oxidation sites excluding steroid dienone is 4. The third-order valence-corrected chi connectivity index (χ3v) is 12.5. The van der Waals surface area contributed by atoms with Crippen LogP contribution in [0.5, 0.6) is 0 Å². The summed E-state index contributed by atoms with van der Waals surface area (Å²) in [5.41, 5.74) is 17.7. The van der Waals surface area contributed by atoms with Gasteiger partial charge < -0.3 is 9.47 Å². The summed E-state index contributed by atoms with van der Waals surface area (Å²) < 4.78 is 2.37. The monoisotopic (exact) mass is 730 g/mol. The molecule has 0 N–H and O–H groups in total. The number of fused-ring (bicyclic) bond motifs is 6. The highest BCUT2D eigenvalue weighted by Crippen LogP contribution is 2.52. The van der Waals surface area contributed by atoms with Crippen molar-refractivity contribution in [1.82, 2.24) is 4.57 Å². The van der Waals surface area contributed by atoms with Gasteiger partial charge in [-0.05, 0) is 129 Å². The number of nitrogens with zero attached hydrogens (tertiary/aromatic N) is 2. The molecule has 0 amide bonds. The molecule has 0 atom stereocenters. The lowest BCUT2D eigenvalue weighted by Crippen LogP contribution is -2.18. The zero-order chi connectivity index (χ0) is 38.1. The second-order valence-corrected chi connectivity index (χ2v) is 16.1. The van der Waals surface area contributed by atoms with Gasteiger partial charge in [0.15, 0.2) is 0 Å². The first kappa shape index (κ1) is 33.4. The first-order valence-electron chi connectivity index (χ1n) is 20.2. The topological polar surface area (TPSA) is 8.17 Å². The molecule has 0 fully saturated rings. The molecular weight excluding hydrogens is 689 g/mol. The van der Waals surface area contributed by atoms with E-state index in [-0.39, 0.29) is 5.41 Å². The molecule has 0 radical (unpaired) electrons. The molecule has 2 heteroatoms. The molecule has 57 heavy (non-hydrogen) atoms. The van der Waals surface area contributed by atoms with Gasteiger partial charge in [0.2, 0.25) is 0 Å². The first-order valence-corrected chi connectivity index (χ1v) is 20.2. The second-order valence-electron chi connectivity index (χ2n) is 16.1. The van der Waals surface area contributed by atoms with Crippen molar-refractivity contribution < 1.29 is 0 Å². The van der Waals surface area contributed by atoms with E-state index in [9.17, 15) is 0 Å². The van der Waals surface area contributed by atoms with E-state index < -0.39 is 0 Å². The van der Waals surface area contributed by atoms with Crippen LogP contribution in [0.4, 0.5) is 17.1 Å². The number of benzene rings is 8. The van der Waals surface area contributed by atoms with Gasteiger partial charge in [0, 0.05) is 38.6 Å². The molecule has 2 aliphatic rings. The molecule has 0 saturated heterocycles. The number of rotatable bonds is 6. The Balaban J connectivity index is 0.984. The highest BCUT2D eigenvalue weighted by Gasteiger charge is 2.37.